The Morgan fingerprint density at radius 3 is 2.59 bits per heavy atom. The molecule has 2 N–H and O–H groups in total. The molecule has 196 valence electrons. The molecule has 1 aliphatic heterocycles. The van der Waals surface area contributed by atoms with Gasteiger partial charge >= 0.3 is 23.6 Å². The van der Waals surface area contributed by atoms with Gasteiger partial charge in [0.25, 0.3) is 0 Å². The van der Waals surface area contributed by atoms with Crippen LogP contribution in [-0.4, -0.2) is 69.1 Å². The molecule has 1 aliphatic rings. The van der Waals surface area contributed by atoms with Crippen LogP contribution in [0.3, 0.4) is 0 Å². The van der Waals surface area contributed by atoms with E-state index in [4.69, 9.17) is 24.7 Å². The fraction of sp³-hybridized carbons (Fsp3) is 0.391. The number of hydrogen-bond acceptors (Lipinski definition) is 11. The lowest BCUT2D eigenvalue weighted by molar-refractivity contribution is -0.154. The van der Waals surface area contributed by atoms with Gasteiger partial charge in [-0.3, -0.25) is 14.2 Å². The number of rotatable bonds is 7. The predicted octanol–water partition coefficient (Wildman–Crippen LogP) is 0.740. The van der Waals surface area contributed by atoms with Crippen LogP contribution in [0, 0.1) is 0 Å². The zero-order chi connectivity index (χ0) is 26.9. The van der Waals surface area contributed by atoms with Crippen molar-refractivity contribution in [3.63, 3.8) is 0 Å². The second kappa shape index (κ2) is 10.3. The molecule has 0 spiro atoms. The number of aromatic nitrogens is 4. The molecule has 4 atom stereocenters. The molecule has 13 nitrogen and oxygen atoms in total. The molecular formula is C23H24FN5O8. The maximum Gasteiger partial charge on any atom is 0.338 e. The van der Waals surface area contributed by atoms with Gasteiger partial charge in [0.15, 0.2) is 24.2 Å². The zero-order valence-corrected chi connectivity index (χ0v) is 20.1. The Labute approximate surface area is 208 Å². The molecule has 3 heterocycles. The number of fused-ring (bicyclic) bond motifs is 1. The second-order valence-corrected chi connectivity index (χ2v) is 8.21. The summed E-state index contributed by atoms with van der Waals surface area (Å²) >= 11 is 0. The molecule has 2 aromatic heterocycles. The minimum Gasteiger partial charge on any atom is -0.465 e. The van der Waals surface area contributed by atoms with Crippen molar-refractivity contribution >= 4 is 35.0 Å². The van der Waals surface area contributed by atoms with Gasteiger partial charge < -0.3 is 24.7 Å². The third-order valence-electron chi connectivity index (χ3n) is 5.75. The van der Waals surface area contributed by atoms with Crippen molar-refractivity contribution in [1.82, 2.24) is 19.1 Å². The van der Waals surface area contributed by atoms with E-state index in [1.807, 2.05) is 0 Å². The van der Waals surface area contributed by atoms with Gasteiger partial charge in [0.1, 0.15) is 18.2 Å². The van der Waals surface area contributed by atoms with Gasteiger partial charge in [-0.25, -0.2) is 23.5 Å². The SMILES string of the molecule is COC(=O)c1ccccc1Cn1c(=O)n([C@@H]2O[C@H](COC(C)=O)[C@@H](F)[C@H]2OC(C)=O)c2nc(N)ncc21. The first-order valence-corrected chi connectivity index (χ1v) is 11.1. The number of esters is 3. The molecule has 0 bridgehead atoms. The molecule has 37 heavy (non-hydrogen) atoms. The van der Waals surface area contributed by atoms with E-state index in [0.717, 1.165) is 18.4 Å². The summed E-state index contributed by atoms with van der Waals surface area (Å²) in [5.41, 5.74) is 5.91. The van der Waals surface area contributed by atoms with Crippen molar-refractivity contribution in [2.45, 2.75) is 45.0 Å². The number of hydrogen-bond donors (Lipinski definition) is 1. The number of nitrogens with two attached hydrogens (primary N) is 1. The van der Waals surface area contributed by atoms with Crippen molar-refractivity contribution in [3.05, 3.63) is 52.1 Å². The summed E-state index contributed by atoms with van der Waals surface area (Å²) in [6.07, 6.45) is -5.00. The number of anilines is 1. The maximum absolute atomic E-state index is 15.3. The first-order valence-electron chi connectivity index (χ1n) is 11.1. The van der Waals surface area contributed by atoms with E-state index in [1.54, 1.807) is 24.3 Å². The van der Waals surface area contributed by atoms with Crippen LogP contribution in [0.5, 0.6) is 0 Å². The number of benzene rings is 1. The Hall–Kier alpha value is -4.33. The van der Waals surface area contributed by atoms with E-state index in [2.05, 4.69) is 9.97 Å². The van der Waals surface area contributed by atoms with Crippen LogP contribution in [0.4, 0.5) is 10.3 Å². The summed E-state index contributed by atoms with van der Waals surface area (Å²) in [5, 5.41) is 0. The van der Waals surface area contributed by atoms with Crippen molar-refractivity contribution in [3.8, 4) is 0 Å². The molecule has 0 amide bonds. The van der Waals surface area contributed by atoms with Crippen LogP contribution in [-0.2, 0) is 35.1 Å². The third kappa shape index (κ3) is 5.00. The maximum atomic E-state index is 15.3. The number of nitrogen functional groups attached to an aromatic ring is 1. The first-order chi connectivity index (χ1) is 17.6. The quantitative estimate of drug-likeness (QED) is 0.347. The first kappa shape index (κ1) is 25.8. The summed E-state index contributed by atoms with van der Waals surface area (Å²) < 4.78 is 38.2. The summed E-state index contributed by atoms with van der Waals surface area (Å²) in [5.74, 6) is -2.26. The van der Waals surface area contributed by atoms with E-state index in [1.165, 1.54) is 17.9 Å². The van der Waals surface area contributed by atoms with E-state index in [-0.39, 0.29) is 29.2 Å². The highest BCUT2D eigenvalue weighted by Gasteiger charge is 2.50. The zero-order valence-electron chi connectivity index (χ0n) is 20.1. The molecule has 0 radical (unpaired) electrons. The minimum atomic E-state index is -1.93. The molecule has 0 saturated carbocycles. The van der Waals surface area contributed by atoms with E-state index >= 15 is 4.39 Å². The fourth-order valence-electron chi connectivity index (χ4n) is 4.14. The number of methoxy groups -OCH3 is 1. The van der Waals surface area contributed by atoms with E-state index in [0.29, 0.717) is 5.56 Å². The number of ether oxygens (including phenoxy) is 4. The lowest BCUT2D eigenvalue weighted by Gasteiger charge is -2.19. The largest absolute Gasteiger partial charge is 0.465 e. The molecule has 0 unspecified atom stereocenters. The van der Waals surface area contributed by atoms with Gasteiger partial charge in [-0.1, -0.05) is 18.2 Å². The van der Waals surface area contributed by atoms with Gasteiger partial charge in [-0.05, 0) is 11.6 Å². The number of imidazole rings is 1. The highest BCUT2D eigenvalue weighted by Crippen LogP contribution is 2.35. The molecule has 0 aliphatic carbocycles. The van der Waals surface area contributed by atoms with Crippen LogP contribution in [0.2, 0.25) is 0 Å². The fourth-order valence-corrected chi connectivity index (χ4v) is 4.14. The number of carbonyl (C=O) groups is 3. The predicted molar refractivity (Wildman–Crippen MR) is 124 cm³/mol. The topological polar surface area (TPSA) is 167 Å². The third-order valence-corrected chi connectivity index (χ3v) is 5.75. The normalized spacial score (nSPS) is 21.1. The van der Waals surface area contributed by atoms with Crippen LogP contribution >= 0.6 is 0 Å². The average molecular weight is 517 g/mol. The van der Waals surface area contributed by atoms with Crippen LogP contribution < -0.4 is 11.4 Å². The van der Waals surface area contributed by atoms with Crippen LogP contribution in [0.1, 0.15) is 36.0 Å². The molecule has 1 aromatic carbocycles. The van der Waals surface area contributed by atoms with Gasteiger partial charge in [0.2, 0.25) is 5.95 Å². The van der Waals surface area contributed by atoms with Crippen LogP contribution in [0.25, 0.3) is 11.2 Å². The monoisotopic (exact) mass is 517 g/mol. The van der Waals surface area contributed by atoms with Crippen LogP contribution in [0.15, 0.2) is 35.3 Å². The smallest absolute Gasteiger partial charge is 0.338 e. The van der Waals surface area contributed by atoms with Crippen molar-refractivity contribution in [2.24, 2.45) is 0 Å². The van der Waals surface area contributed by atoms with Crippen molar-refractivity contribution < 1.29 is 37.7 Å². The molecular weight excluding hydrogens is 493 g/mol. The lowest BCUT2D eigenvalue weighted by atomic mass is 10.1. The van der Waals surface area contributed by atoms with Gasteiger partial charge in [-0.15, -0.1) is 0 Å². The summed E-state index contributed by atoms with van der Waals surface area (Å²) in [4.78, 5) is 57.1. The minimum absolute atomic E-state index is 0.0180. The van der Waals surface area contributed by atoms with E-state index < -0.39 is 54.8 Å². The summed E-state index contributed by atoms with van der Waals surface area (Å²) in [6, 6.07) is 6.52. The van der Waals surface area contributed by atoms with Gasteiger partial charge in [-0.2, -0.15) is 4.98 Å². The Bertz CT molecular complexity index is 1420. The summed E-state index contributed by atoms with van der Waals surface area (Å²) in [7, 11) is 1.24. The number of carbonyl (C=O) groups excluding carboxylic acids is 3. The highest BCUT2D eigenvalue weighted by molar-refractivity contribution is 5.91. The molecule has 4 rings (SSSR count). The van der Waals surface area contributed by atoms with Crippen molar-refractivity contribution in [2.75, 3.05) is 19.5 Å². The highest BCUT2D eigenvalue weighted by atomic mass is 19.1. The standard InChI is InChI=1S/C23H24FN5O8/c1-11(30)35-10-16-17(24)18(36-12(2)31)20(37-16)29-19-15(8-26-22(25)27-19)28(23(29)33)9-13-6-4-5-7-14(13)21(32)34-3/h4-8,16-18,20H,9-10H2,1-3H3,(H2,25,26,27)/t16-,17-,18-,20-/m1/s1. The van der Waals surface area contributed by atoms with Gasteiger partial charge in [0.05, 0.1) is 25.4 Å². The molecule has 1 saturated heterocycles. The lowest BCUT2D eigenvalue weighted by Crippen LogP contribution is -2.37. The summed E-state index contributed by atoms with van der Waals surface area (Å²) in [6.45, 7) is 1.65. The van der Waals surface area contributed by atoms with Crippen molar-refractivity contribution in [1.29, 1.82) is 0 Å². The number of alkyl halides is 1. The Morgan fingerprint density at radius 2 is 1.92 bits per heavy atom. The van der Waals surface area contributed by atoms with Gasteiger partial charge in [0, 0.05) is 13.8 Å². The Kier molecular flexibility index (Phi) is 7.20. The molecule has 14 heteroatoms. The number of halogens is 1. The Balaban J connectivity index is 1.84. The van der Waals surface area contributed by atoms with E-state index in [9.17, 15) is 19.2 Å². The number of nitrogens with zero attached hydrogens (tertiary/aromatic N) is 4. The average Bonchev–Trinajstić information content (AvgIpc) is 3.29. The second-order valence-electron chi connectivity index (χ2n) is 8.21. The molecule has 3 aromatic rings. The Morgan fingerprint density at radius 1 is 1.19 bits per heavy atom. The molecule has 1 fully saturated rings.